The third-order valence-electron chi connectivity index (χ3n) is 10.8. The summed E-state index contributed by atoms with van der Waals surface area (Å²) in [6.07, 6.45) is 0. The molecule has 0 fully saturated rings. The summed E-state index contributed by atoms with van der Waals surface area (Å²) in [5.74, 6) is 0. The van der Waals surface area contributed by atoms with Crippen LogP contribution in [0.15, 0.2) is 200 Å². The fourth-order valence-electron chi connectivity index (χ4n) is 8.40. The maximum atomic E-state index is 2.46. The van der Waals surface area contributed by atoms with E-state index >= 15 is 0 Å². The van der Waals surface area contributed by atoms with Gasteiger partial charge in [-0.05, 0) is 94.0 Å². The normalized spacial score (nSPS) is 11.8. The van der Waals surface area contributed by atoms with Crippen LogP contribution in [0.1, 0.15) is 0 Å². The largest absolute Gasteiger partial charge is 0.310 e. The minimum Gasteiger partial charge on any atom is -0.310 e. The first-order valence-corrected chi connectivity index (χ1v) is 18.2. The van der Waals surface area contributed by atoms with Gasteiger partial charge in [0.2, 0.25) is 0 Å². The zero-order valence-corrected chi connectivity index (χ0v) is 28.9. The van der Waals surface area contributed by atoms with Gasteiger partial charge in [0, 0.05) is 33.2 Å². The lowest BCUT2D eigenvalue weighted by molar-refractivity contribution is 1.28. The molecule has 8 aromatic carbocycles. The second-order valence-electron chi connectivity index (χ2n) is 13.8. The second kappa shape index (κ2) is 11.7. The molecule has 0 amide bonds. The third-order valence-corrected chi connectivity index (χ3v) is 10.8. The first-order valence-electron chi connectivity index (χ1n) is 18.2. The lowest BCUT2D eigenvalue weighted by Gasteiger charge is -2.26. The standard InChI is InChI=1S/C50H33N3/c1-3-12-34(13-4-1)36-22-27-40(28-23-36)51(41-29-24-37(25-30-41)35-14-5-2-6-15-35)42-17-11-16-38(32-42)39-26-31-47-48(33-39)53-46-21-10-8-19-44(46)49-43-18-7-9-20-45(43)52(47)50(49)53/h1-33H. The van der Waals surface area contributed by atoms with Gasteiger partial charge in [-0.25, -0.2) is 0 Å². The number of anilines is 3. The average molecular weight is 676 g/mol. The Hall–Kier alpha value is -7.10. The molecule has 3 aromatic heterocycles. The molecule has 0 saturated heterocycles. The van der Waals surface area contributed by atoms with Gasteiger partial charge < -0.3 is 4.90 Å². The van der Waals surface area contributed by atoms with E-state index in [9.17, 15) is 0 Å². The van der Waals surface area contributed by atoms with Crippen molar-refractivity contribution in [1.82, 2.24) is 8.80 Å². The van der Waals surface area contributed by atoms with Crippen LogP contribution in [0.4, 0.5) is 17.1 Å². The summed E-state index contributed by atoms with van der Waals surface area (Å²) in [6, 6.07) is 72.5. The molecule has 53 heavy (non-hydrogen) atoms. The third kappa shape index (κ3) is 4.61. The molecule has 248 valence electrons. The molecule has 11 aromatic rings. The molecule has 0 aliphatic heterocycles. The second-order valence-corrected chi connectivity index (χ2v) is 13.8. The number of para-hydroxylation sites is 2. The van der Waals surface area contributed by atoms with Gasteiger partial charge in [-0.2, -0.15) is 0 Å². The molecule has 3 nitrogen and oxygen atoms in total. The van der Waals surface area contributed by atoms with Crippen LogP contribution in [0.25, 0.3) is 77.3 Å². The van der Waals surface area contributed by atoms with Gasteiger partial charge in [-0.1, -0.05) is 140 Å². The van der Waals surface area contributed by atoms with Crippen molar-refractivity contribution in [2.75, 3.05) is 4.90 Å². The highest BCUT2D eigenvalue weighted by atomic mass is 15.1. The molecule has 0 N–H and O–H groups in total. The van der Waals surface area contributed by atoms with Crippen LogP contribution < -0.4 is 4.90 Å². The zero-order chi connectivity index (χ0) is 34.9. The van der Waals surface area contributed by atoms with Gasteiger partial charge >= 0.3 is 0 Å². The monoisotopic (exact) mass is 675 g/mol. The molecule has 11 rings (SSSR count). The number of hydrogen-bond donors (Lipinski definition) is 0. The van der Waals surface area contributed by atoms with E-state index < -0.39 is 0 Å². The number of fused-ring (bicyclic) bond motifs is 9. The van der Waals surface area contributed by atoms with Crippen molar-refractivity contribution in [2.24, 2.45) is 0 Å². The molecule has 0 aliphatic rings. The van der Waals surface area contributed by atoms with Gasteiger partial charge in [0.05, 0.1) is 22.1 Å². The lowest BCUT2D eigenvalue weighted by Crippen LogP contribution is -2.10. The molecule has 0 aliphatic carbocycles. The minimum atomic E-state index is 1.11. The lowest BCUT2D eigenvalue weighted by atomic mass is 10.0. The predicted octanol–water partition coefficient (Wildman–Crippen LogP) is 13.6. The Morgan fingerprint density at radius 3 is 1.32 bits per heavy atom. The molecule has 0 spiro atoms. The van der Waals surface area contributed by atoms with Crippen molar-refractivity contribution in [3.63, 3.8) is 0 Å². The van der Waals surface area contributed by atoms with Crippen molar-refractivity contribution >= 4 is 60.9 Å². The Balaban J connectivity index is 1.06. The molecule has 0 radical (unpaired) electrons. The van der Waals surface area contributed by atoms with E-state index in [-0.39, 0.29) is 0 Å². The van der Waals surface area contributed by atoms with Crippen molar-refractivity contribution < 1.29 is 0 Å². The fourth-order valence-corrected chi connectivity index (χ4v) is 8.40. The average Bonchev–Trinajstić information content (AvgIpc) is 3.87. The first kappa shape index (κ1) is 29.6. The highest BCUT2D eigenvalue weighted by molar-refractivity contribution is 6.24. The van der Waals surface area contributed by atoms with Crippen LogP contribution in [0.5, 0.6) is 0 Å². The van der Waals surface area contributed by atoms with E-state index in [4.69, 9.17) is 0 Å². The summed E-state index contributed by atoms with van der Waals surface area (Å²) in [7, 11) is 0. The fraction of sp³-hybridized carbons (Fsp3) is 0. The van der Waals surface area contributed by atoms with Crippen LogP contribution >= 0.6 is 0 Å². The summed E-state index contributed by atoms with van der Waals surface area (Å²) in [6.45, 7) is 0. The van der Waals surface area contributed by atoms with Crippen molar-refractivity contribution in [3.8, 4) is 33.4 Å². The summed E-state index contributed by atoms with van der Waals surface area (Å²) in [4.78, 5) is 2.36. The number of benzene rings is 8. The first-order chi connectivity index (χ1) is 26.3. The number of hydrogen-bond acceptors (Lipinski definition) is 1. The van der Waals surface area contributed by atoms with Crippen molar-refractivity contribution in [3.05, 3.63) is 200 Å². The van der Waals surface area contributed by atoms with Gasteiger partial charge in [0.15, 0.2) is 0 Å². The SMILES string of the molecule is c1ccc(-c2ccc(N(c3ccc(-c4ccccc4)cc3)c3cccc(-c4ccc5c(c4)n4c6ccccc6c6c7ccccc7n5c64)c3)cc2)cc1. The van der Waals surface area contributed by atoms with Gasteiger partial charge in [-0.3, -0.25) is 8.80 Å². The molecule has 3 heterocycles. The molecule has 3 heteroatoms. The smallest absolute Gasteiger partial charge is 0.131 e. The number of aromatic nitrogens is 2. The predicted molar refractivity (Wildman–Crippen MR) is 223 cm³/mol. The van der Waals surface area contributed by atoms with Crippen LogP contribution in [-0.4, -0.2) is 8.80 Å². The van der Waals surface area contributed by atoms with E-state index in [0.29, 0.717) is 0 Å². The molecule has 0 atom stereocenters. The van der Waals surface area contributed by atoms with Crippen LogP contribution in [0.3, 0.4) is 0 Å². The summed E-state index contributed by atoms with van der Waals surface area (Å²) in [5.41, 5.74) is 16.7. The van der Waals surface area contributed by atoms with Gasteiger partial charge in [0.1, 0.15) is 5.65 Å². The van der Waals surface area contributed by atoms with Crippen LogP contribution in [0.2, 0.25) is 0 Å². The Morgan fingerprint density at radius 1 is 0.283 bits per heavy atom. The number of nitrogens with zero attached hydrogens (tertiary/aromatic N) is 3. The molecule has 0 unspecified atom stereocenters. The Kier molecular flexibility index (Phi) is 6.55. The van der Waals surface area contributed by atoms with Crippen LogP contribution in [-0.2, 0) is 0 Å². The van der Waals surface area contributed by atoms with E-state index in [1.54, 1.807) is 0 Å². The Labute approximate surface area is 307 Å². The minimum absolute atomic E-state index is 1.11. The number of rotatable bonds is 6. The summed E-state index contributed by atoms with van der Waals surface area (Å²) < 4.78 is 4.91. The highest BCUT2D eigenvalue weighted by Gasteiger charge is 2.22. The maximum Gasteiger partial charge on any atom is 0.131 e. The van der Waals surface area contributed by atoms with E-state index in [1.807, 2.05) is 0 Å². The molecular weight excluding hydrogens is 643 g/mol. The van der Waals surface area contributed by atoms with Gasteiger partial charge in [-0.15, -0.1) is 0 Å². The summed E-state index contributed by atoms with van der Waals surface area (Å²) >= 11 is 0. The molecule has 0 bridgehead atoms. The van der Waals surface area contributed by atoms with E-state index in [1.165, 1.54) is 77.3 Å². The van der Waals surface area contributed by atoms with E-state index in [0.717, 1.165) is 17.1 Å². The Bertz CT molecular complexity index is 2990. The highest BCUT2D eigenvalue weighted by Crippen LogP contribution is 2.43. The number of imidazole rings is 1. The Morgan fingerprint density at radius 2 is 0.736 bits per heavy atom. The topological polar surface area (TPSA) is 12.1 Å². The molecule has 0 saturated carbocycles. The summed E-state index contributed by atoms with van der Waals surface area (Å²) in [5, 5.41) is 3.92. The molecular formula is C50H33N3. The van der Waals surface area contributed by atoms with Crippen molar-refractivity contribution in [2.45, 2.75) is 0 Å². The van der Waals surface area contributed by atoms with E-state index in [2.05, 4.69) is 214 Å². The quantitative estimate of drug-likeness (QED) is 0.171. The maximum absolute atomic E-state index is 2.46. The van der Waals surface area contributed by atoms with Crippen LogP contribution in [0, 0.1) is 0 Å². The van der Waals surface area contributed by atoms with Gasteiger partial charge in [0.25, 0.3) is 0 Å². The zero-order valence-electron chi connectivity index (χ0n) is 28.9. The van der Waals surface area contributed by atoms with Crippen molar-refractivity contribution in [1.29, 1.82) is 0 Å².